The minimum atomic E-state index is -4.24. The van der Waals surface area contributed by atoms with Crippen molar-refractivity contribution in [3.63, 3.8) is 0 Å². The van der Waals surface area contributed by atoms with Gasteiger partial charge in [-0.3, -0.25) is 0 Å². The number of hydrogen-bond acceptors (Lipinski definition) is 2. The van der Waals surface area contributed by atoms with Crippen LogP contribution in [-0.4, -0.2) is 11.6 Å². The first-order valence-electron chi connectivity index (χ1n) is 5.33. The van der Waals surface area contributed by atoms with E-state index in [1.54, 1.807) is 12.1 Å². The van der Waals surface area contributed by atoms with Crippen molar-refractivity contribution in [2.45, 2.75) is 36.2 Å². The van der Waals surface area contributed by atoms with Gasteiger partial charge in [0.1, 0.15) is 0 Å². The Bertz CT molecular complexity index is 428. The molecule has 5 heteroatoms. The molecule has 0 saturated heterocycles. The minimum Gasteiger partial charge on any atom is -0.327 e. The van der Waals surface area contributed by atoms with Crippen LogP contribution >= 0.6 is 11.8 Å². The third-order valence-corrected chi connectivity index (χ3v) is 4.08. The lowest BCUT2D eigenvalue weighted by Gasteiger charge is -2.08. The molecule has 1 aliphatic rings. The van der Waals surface area contributed by atoms with E-state index in [9.17, 15) is 13.2 Å². The first-order chi connectivity index (χ1) is 7.72. The van der Waals surface area contributed by atoms with E-state index in [0.717, 1.165) is 5.56 Å². The molecule has 2 rings (SSSR count). The molecule has 94 valence electrons. The summed E-state index contributed by atoms with van der Waals surface area (Å²) in [5.74, 6) is 0.163. The van der Waals surface area contributed by atoms with E-state index in [1.165, 1.54) is 6.07 Å². The summed E-state index contributed by atoms with van der Waals surface area (Å²) in [4.78, 5) is 0.227. The van der Waals surface area contributed by atoms with Gasteiger partial charge in [-0.1, -0.05) is 26.0 Å². The van der Waals surface area contributed by atoms with Gasteiger partial charge in [0.05, 0.1) is 0 Å². The zero-order valence-corrected chi connectivity index (χ0v) is 10.4. The molecule has 17 heavy (non-hydrogen) atoms. The van der Waals surface area contributed by atoms with E-state index in [4.69, 9.17) is 5.73 Å². The van der Waals surface area contributed by atoms with Gasteiger partial charge in [-0.2, -0.15) is 13.2 Å². The van der Waals surface area contributed by atoms with Gasteiger partial charge in [0.2, 0.25) is 0 Å². The third kappa shape index (κ3) is 2.60. The van der Waals surface area contributed by atoms with Gasteiger partial charge in [0, 0.05) is 16.9 Å². The van der Waals surface area contributed by atoms with Crippen molar-refractivity contribution >= 4 is 11.8 Å². The van der Waals surface area contributed by atoms with Crippen LogP contribution in [0.15, 0.2) is 29.2 Å². The van der Waals surface area contributed by atoms with E-state index in [1.807, 2.05) is 19.9 Å². The molecule has 1 aromatic carbocycles. The molecule has 2 unspecified atom stereocenters. The Kier molecular flexibility index (Phi) is 2.94. The van der Waals surface area contributed by atoms with Gasteiger partial charge in [0.25, 0.3) is 0 Å². The van der Waals surface area contributed by atoms with Gasteiger partial charge in [-0.05, 0) is 34.9 Å². The largest absolute Gasteiger partial charge is 0.446 e. The van der Waals surface area contributed by atoms with Gasteiger partial charge >= 0.3 is 5.51 Å². The van der Waals surface area contributed by atoms with Crippen LogP contribution in [0.3, 0.4) is 0 Å². The second kappa shape index (κ2) is 3.92. The molecule has 2 atom stereocenters. The summed E-state index contributed by atoms with van der Waals surface area (Å²) in [6.45, 7) is 4.07. The van der Waals surface area contributed by atoms with Crippen LogP contribution < -0.4 is 5.73 Å². The van der Waals surface area contributed by atoms with Crippen molar-refractivity contribution in [1.82, 2.24) is 0 Å². The van der Waals surface area contributed by atoms with Crippen LogP contribution in [0.25, 0.3) is 0 Å². The van der Waals surface area contributed by atoms with Crippen molar-refractivity contribution < 1.29 is 13.2 Å². The van der Waals surface area contributed by atoms with Crippen molar-refractivity contribution in [3.05, 3.63) is 29.8 Å². The van der Waals surface area contributed by atoms with E-state index >= 15 is 0 Å². The van der Waals surface area contributed by atoms with Crippen molar-refractivity contribution in [2.24, 2.45) is 11.1 Å². The molecule has 1 fully saturated rings. The molecule has 0 aromatic heterocycles. The van der Waals surface area contributed by atoms with Gasteiger partial charge < -0.3 is 5.73 Å². The van der Waals surface area contributed by atoms with E-state index < -0.39 is 5.51 Å². The molecule has 0 heterocycles. The average molecular weight is 261 g/mol. The summed E-state index contributed by atoms with van der Waals surface area (Å²) >= 11 is -0.0794. The maximum Gasteiger partial charge on any atom is 0.446 e. The SMILES string of the molecule is CC1(C)C(N)C1c1cccc(SC(F)(F)F)c1. The average Bonchev–Trinajstić information content (AvgIpc) is 2.63. The van der Waals surface area contributed by atoms with Gasteiger partial charge in [0.15, 0.2) is 0 Å². The first kappa shape index (κ1) is 12.8. The third-order valence-electron chi connectivity index (χ3n) is 3.36. The Balaban J connectivity index is 2.19. The molecule has 1 saturated carbocycles. The summed E-state index contributed by atoms with van der Waals surface area (Å²) in [6, 6.07) is 6.61. The highest BCUT2D eigenvalue weighted by Gasteiger charge is 2.56. The lowest BCUT2D eigenvalue weighted by molar-refractivity contribution is -0.0328. The number of alkyl halides is 3. The van der Waals surface area contributed by atoms with Crippen molar-refractivity contribution in [3.8, 4) is 0 Å². The molecule has 0 radical (unpaired) electrons. The Morgan fingerprint density at radius 1 is 1.29 bits per heavy atom. The number of nitrogens with two attached hydrogens (primary N) is 1. The number of hydrogen-bond donors (Lipinski definition) is 1. The summed E-state index contributed by atoms with van der Waals surface area (Å²) in [6.07, 6.45) is 0. The zero-order chi connectivity index (χ0) is 12.8. The summed E-state index contributed by atoms with van der Waals surface area (Å²) in [5.41, 5.74) is 2.58. The molecule has 1 aromatic rings. The predicted octanol–water partition coefficient (Wildman–Crippen LogP) is 3.75. The Morgan fingerprint density at radius 3 is 2.35 bits per heavy atom. The number of thioether (sulfide) groups is 1. The molecule has 2 N–H and O–H groups in total. The van der Waals surface area contributed by atoms with Crippen LogP contribution in [0.2, 0.25) is 0 Å². The summed E-state index contributed by atoms with van der Waals surface area (Å²) < 4.78 is 36.8. The van der Waals surface area contributed by atoms with Crippen LogP contribution in [0.1, 0.15) is 25.3 Å². The fraction of sp³-hybridized carbons (Fsp3) is 0.500. The molecule has 0 amide bonds. The van der Waals surface area contributed by atoms with Crippen LogP contribution in [0, 0.1) is 5.41 Å². The van der Waals surface area contributed by atoms with E-state index in [-0.39, 0.29) is 34.0 Å². The fourth-order valence-corrected chi connectivity index (χ4v) is 2.83. The Morgan fingerprint density at radius 2 is 1.88 bits per heavy atom. The smallest absolute Gasteiger partial charge is 0.327 e. The van der Waals surface area contributed by atoms with Gasteiger partial charge in [-0.15, -0.1) is 0 Å². The first-order valence-corrected chi connectivity index (χ1v) is 6.15. The molecule has 1 aliphatic carbocycles. The molecular weight excluding hydrogens is 247 g/mol. The quantitative estimate of drug-likeness (QED) is 0.820. The van der Waals surface area contributed by atoms with E-state index in [2.05, 4.69) is 0 Å². The molecule has 1 nitrogen and oxygen atoms in total. The lowest BCUT2D eigenvalue weighted by atomic mass is 10.0. The number of rotatable bonds is 2. The fourth-order valence-electron chi connectivity index (χ4n) is 2.22. The second-order valence-electron chi connectivity index (χ2n) is 4.95. The Hall–Kier alpha value is -0.680. The van der Waals surface area contributed by atoms with Crippen LogP contribution in [-0.2, 0) is 0 Å². The monoisotopic (exact) mass is 261 g/mol. The molecule has 0 aliphatic heterocycles. The van der Waals surface area contributed by atoms with E-state index in [0.29, 0.717) is 0 Å². The Labute approximate surface area is 103 Å². The standard InChI is InChI=1S/C12H14F3NS/c1-11(2)9(10(11)16)7-4-3-5-8(6-7)17-12(13,14)15/h3-6,9-10H,16H2,1-2H3. The maximum atomic E-state index is 12.3. The number of halogens is 3. The minimum absolute atomic E-state index is 0.0124. The zero-order valence-electron chi connectivity index (χ0n) is 9.58. The summed E-state index contributed by atoms with van der Waals surface area (Å²) in [7, 11) is 0. The maximum absolute atomic E-state index is 12.3. The molecular formula is C12H14F3NS. The van der Waals surface area contributed by atoms with Crippen LogP contribution in [0.5, 0.6) is 0 Å². The number of benzene rings is 1. The lowest BCUT2D eigenvalue weighted by Crippen LogP contribution is -2.06. The van der Waals surface area contributed by atoms with Gasteiger partial charge in [-0.25, -0.2) is 0 Å². The van der Waals surface area contributed by atoms with Crippen molar-refractivity contribution in [2.75, 3.05) is 0 Å². The van der Waals surface area contributed by atoms with Crippen molar-refractivity contribution in [1.29, 1.82) is 0 Å². The highest BCUT2D eigenvalue weighted by atomic mass is 32.2. The van der Waals surface area contributed by atoms with Crippen LogP contribution in [0.4, 0.5) is 13.2 Å². The predicted molar refractivity (Wildman–Crippen MR) is 62.9 cm³/mol. The highest BCUT2D eigenvalue weighted by Crippen LogP contribution is 2.57. The molecule has 0 bridgehead atoms. The summed E-state index contributed by atoms with van der Waals surface area (Å²) in [5, 5.41) is 0. The molecule has 0 spiro atoms. The highest BCUT2D eigenvalue weighted by molar-refractivity contribution is 8.00. The normalized spacial score (nSPS) is 26.9. The topological polar surface area (TPSA) is 26.0 Å². The second-order valence-corrected chi connectivity index (χ2v) is 6.08.